The third-order valence-corrected chi connectivity index (χ3v) is 1.91. The third kappa shape index (κ3) is 3.77. The van der Waals surface area contributed by atoms with Crippen LogP contribution in [0.5, 0.6) is 0 Å². The van der Waals surface area contributed by atoms with Gasteiger partial charge in [-0.15, -0.1) is 0 Å². The minimum atomic E-state index is -4.26. The van der Waals surface area contributed by atoms with E-state index in [9.17, 15) is 22.8 Å². The van der Waals surface area contributed by atoms with Crippen LogP contribution in [0, 0.1) is 0 Å². The first-order valence-corrected chi connectivity index (χ1v) is 4.44. The van der Waals surface area contributed by atoms with Crippen molar-refractivity contribution in [3.8, 4) is 0 Å². The molecule has 0 aromatic rings. The predicted octanol–water partition coefficient (Wildman–Crippen LogP) is 1.70. The van der Waals surface area contributed by atoms with Gasteiger partial charge in [0.1, 0.15) is 6.61 Å². The summed E-state index contributed by atoms with van der Waals surface area (Å²) in [6, 6.07) is 0. The summed E-state index contributed by atoms with van der Waals surface area (Å²) in [6.45, 7) is 0.244. The van der Waals surface area contributed by atoms with Crippen LogP contribution in [0.2, 0.25) is 0 Å². The van der Waals surface area contributed by atoms with Crippen LogP contribution in [0.25, 0.3) is 0 Å². The van der Waals surface area contributed by atoms with Crippen LogP contribution in [0.3, 0.4) is 0 Å². The molecule has 0 unspecified atom stereocenters. The molecule has 7 heteroatoms. The molecule has 1 heterocycles. The molecule has 86 valence electrons. The van der Waals surface area contributed by atoms with E-state index < -0.39 is 24.6 Å². The molecule has 1 saturated heterocycles. The second-order valence-electron chi connectivity index (χ2n) is 3.13. The van der Waals surface area contributed by atoms with E-state index in [4.69, 9.17) is 0 Å². The van der Waals surface area contributed by atoms with Gasteiger partial charge in [0, 0.05) is 12.8 Å². The van der Waals surface area contributed by atoms with Gasteiger partial charge in [-0.2, -0.15) is 13.2 Å². The zero-order chi connectivity index (χ0) is 11.5. The second-order valence-corrected chi connectivity index (χ2v) is 3.13. The summed E-state index contributed by atoms with van der Waals surface area (Å²) in [5.41, 5.74) is 0. The van der Waals surface area contributed by atoms with Crippen molar-refractivity contribution in [1.29, 1.82) is 0 Å². The molecule has 1 aliphatic heterocycles. The Morgan fingerprint density at radius 2 is 2.13 bits per heavy atom. The van der Waals surface area contributed by atoms with Crippen molar-refractivity contribution in [2.45, 2.75) is 25.4 Å². The van der Waals surface area contributed by atoms with Crippen molar-refractivity contribution in [1.82, 2.24) is 4.90 Å². The summed E-state index contributed by atoms with van der Waals surface area (Å²) >= 11 is 0. The molecule has 1 aliphatic rings. The summed E-state index contributed by atoms with van der Waals surface area (Å²) in [5.74, 6) is -0.609. The van der Waals surface area contributed by atoms with Gasteiger partial charge < -0.3 is 4.74 Å². The van der Waals surface area contributed by atoms with Crippen molar-refractivity contribution < 1.29 is 27.5 Å². The highest BCUT2D eigenvalue weighted by molar-refractivity contribution is 5.92. The van der Waals surface area contributed by atoms with Crippen LogP contribution >= 0.6 is 0 Å². The minimum absolute atomic E-state index is 0.115. The summed E-state index contributed by atoms with van der Waals surface area (Å²) in [7, 11) is 0. The number of rotatable bonds is 3. The SMILES string of the molecule is O=C(CCCC(F)(F)F)N1CCOC1=O. The Morgan fingerprint density at radius 3 is 2.60 bits per heavy atom. The maximum Gasteiger partial charge on any atom is 0.416 e. The Morgan fingerprint density at radius 1 is 1.47 bits per heavy atom. The first-order valence-electron chi connectivity index (χ1n) is 4.44. The Kier molecular flexibility index (Phi) is 3.54. The van der Waals surface area contributed by atoms with Gasteiger partial charge in [0.05, 0.1) is 6.54 Å². The number of ether oxygens (including phenoxy) is 1. The summed E-state index contributed by atoms with van der Waals surface area (Å²) < 4.78 is 39.7. The van der Waals surface area contributed by atoms with E-state index in [0.29, 0.717) is 0 Å². The number of hydrogen-bond donors (Lipinski definition) is 0. The van der Waals surface area contributed by atoms with Crippen LogP contribution in [0.15, 0.2) is 0 Å². The molecule has 0 aliphatic carbocycles. The lowest BCUT2D eigenvalue weighted by Crippen LogP contribution is -2.31. The van der Waals surface area contributed by atoms with E-state index in [2.05, 4.69) is 4.74 Å². The Balaban J connectivity index is 2.27. The quantitative estimate of drug-likeness (QED) is 0.734. The zero-order valence-corrected chi connectivity index (χ0v) is 7.84. The first kappa shape index (κ1) is 11.8. The Labute approximate surface area is 84.0 Å². The van der Waals surface area contributed by atoms with Crippen molar-refractivity contribution in [3.63, 3.8) is 0 Å². The molecule has 1 rings (SSSR count). The highest BCUT2D eigenvalue weighted by Crippen LogP contribution is 2.22. The highest BCUT2D eigenvalue weighted by Gasteiger charge is 2.30. The van der Waals surface area contributed by atoms with Gasteiger partial charge in [-0.05, 0) is 6.42 Å². The molecule has 0 radical (unpaired) electrons. The lowest BCUT2D eigenvalue weighted by atomic mass is 10.2. The number of nitrogens with zero attached hydrogens (tertiary/aromatic N) is 1. The molecule has 2 amide bonds. The van der Waals surface area contributed by atoms with Gasteiger partial charge in [0.15, 0.2) is 0 Å². The fraction of sp³-hybridized carbons (Fsp3) is 0.750. The molecule has 4 nitrogen and oxygen atoms in total. The monoisotopic (exact) mass is 225 g/mol. The fourth-order valence-electron chi connectivity index (χ4n) is 1.19. The molecule has 15 heavy (non-hydrogen) atoms. The van der Waals surface area contributed by atoms with E-state index >= 15 is 0 Å². The smallest absolute Gasteiger partial charge is 0.416 e. The van der Waals surface area contributed by atoms with Crippen LogP contribution in [-0.4, -0.2) is 36.2 Å². The molecule has 0 bridgehead atoms. The summed E-state index contributed by atoms with van der Waals surface area (Å²) in [4.78, 5) is 22.9. The van der Waals surface area contributed by atoms with Gasteiger partial charge in [0.25, 0.3) is 0 Å². The maximum atomic E-state index is 11.7. The predicted molar refractivity (Wildman–Crippen MR) is 43.0 cm³/mol. The number of imide groups is 1. The topological polar surface area (TPSA) is 46.6 Å². The number of cyclic esters (lactones) is 1. The lowest BCUT2D eigenvalue weighted by molar-refractivity contribution is -0.138. The Hall–Kier alpha value is -1.27. The average molecular weight is 225 g/mol. The molecular weight excluding hydrogens is 215 g/mol. The first-order chi connectivity index (χ1) is 6.90. The van der Waals surface area contributed by atoms with Gasteiger partial charge in [0.2, 0.25) is 5.91 Å². The molecule has 0 N–H and O–H groups in total. The van der Waals surface area contributed by atoms with E-state index in [1.54, 1.807) is 0 Å². The maximum absolute atomic E-state index is 11.7. The minimum Gasteiger partial charge on any atom is -0.447 e. The van der Waals surface area contributed by atoms with Crippen molar-refractivity contribution in [2.24, 2.45) is 0 Å². The number of carbonyl (C=O) groups excluding carboxylic acids is 2. The van der Waals surface area contributed by atoms with Gasteiger partial charge in [-0.1, -0.05) is 0 Å². The molecule has 0 atom stereocenters. The van der Waals surface area contributed by atoms with Crippen LogP contribution in [0.4, 0.5) is 18.0 Å². The number of amides is 2. The number of carbonyl (C=O) groups is 2. The lowest BCUT2D eigenvalue weighted by Gasteiger charge is -2.10. The third-order valence-electron chi connectivity index (χ3n) is 1.91. The summed E-state index contributed by atoms with van der Waals surface area (Å²) in [5, 5.41) is 0. The van der Waals surface area contributed by atoms with E-state index in [1.165, 1.54) is 0 Å². The molecule has 0 spiro atoms. The number of halogens is 3. The van der Waals surface area contributed by atoms with E-state index in [-0.39, 0.29) is 26.0 Å². The average Bonchev–Trinajstić information content (AvgIpc) is 2.48. The molecular formula is C8H10F3NO3. The van der Waals surface area contributed by atoms with Crippen molar-refractivity contribution in [2.75, 3.05) is 13.2 Å². The van der Waals surface area contributed by atoms with E-state index in [1.807, 2.05) is 0 Å². The van der Waals surface area contributed by atoms with Crippen molar-refractivity contribution in [3.05, 3.63) is 0 Å². The normalized spacial score (nSPS) is 16.7. The molecule has 1 fully saturated rings. The van der Waals surface area contributed by atoms with Gasteiger partial charge >= 0.3 is 12.3 Å². The number of hydrogen-bond acceptors (Lipinski definition) is 3. The van der Waals surface area contributed by atoms with Crippen LogP contribution < -0.4 is 0 Å². The second kappa shape index (κ2) is 4.50. The van der Waals surface area contributed by atoms with Gasteiger partial charge in [-0.25, -0.2) is 9.69 Å². The zero-order valence-electron chi connectivity index (χ0n) is 7.84. The largest absolute Gasteiger partial charge is 0.447 e. The van der Waals surface area contributed by atoms with Crippen LogP contribution in [0.1, 0.15) is 19.3 Å². The fourth-order valence-corrected chi connectivity index (χ4v) is 1.19. The Bertz CT molecular complexity index is 264. The highest BCUT2D eigenvalue weighted by atomic mass is 19.4. The molecule has 0 saturated carbocycles. The van der Waals surface area contributed by atoms with Crippen molar-refractivity contribution >= 4 is 12.0 Å². The van der Waals surface area contributed by atoms with Crippen LogP contribution in [-0.2, 0) is 9.53 Å². The standard InChI is InChI=1S/C8H10F3NO3/c9-8(10,11)3-1-2-6(13)12-4-5-15-7(12)14/h1-5H2. The summed E-state index contributed by atoms with van der Waals surface area (Å²) in [6.07, 6.45) is -6.62. The molecule has 0 aromatic heterocycles. The van der Waals surface area contributed by atoms with E-state index in [0.717, 1.165) is 4.90 Å². The molecule has 0 aromatic carbocycles. The number of alkyl halides is 3. The van der Waals surface area contributed by atoms with Gasteiger partial charge in [-0.3, -0.25) is 4.79 Å².